The van der Waals surface area contributed by atoms with Crippen molar-refractivity contribution >= 4 is 16.7 Å². The summed E-state index contributed by atoms with van der Waals surface area (Å²) in [6.45, 7) is 2.90. The van der Waals surface area contributed by atoms with E-state index in [9.17, 15) is 9.90 Å². The Hall–Kier alpha value is -2.65. The van der Waals surface area contributed by atoms with Crippen LogP contribution in [-0.4, -0.2) is 28.6 Å². The van der Waals surface area contributed by atoms with Gasteiger partial charge in [0.1, 0.15) is 6.04 Å². The molecule has 1 heterocycles. The van der Waals surface area contributed by atoms with Gasteiger partial charge in [-0.25, -0.2) is 0 Å². The Balaban J connectivity index is 1.92. The number of rotatable bonds is 4. The monoisotopic (exact) mass is 359 g/mol. The minimum atomic E-state index is -0.715. The molecule has 3 nitrogen and oxygen atoms in total. The number of hydrogen-bond acceptors (Lipinski definition) is 2. The predicted molar refractivity (Wildman–Crippen MR) is 109 cm³/mol. The molecule has 0 spiro atoms. The van der Waals surface area contributed by atoms with Crippen LogP contribution in [0.1, 0.15) is 42.0 Å². The summed E-state index contributed by atoms with van der Waals surface area (Å²) < 4.78 is 0. The number of carbonyl (C=O) groups is 1. The molecule has 27 heavy (non-hydrogen) atoms. The van der Waals surface area contributed by atoms with E-state index in [4.69, 9.17) is 0 Å². The molecule has 2 atom stereocenters. The highest BCUT2D eigenvalue weighted by molar-refractivity contribution is 5.86. The molecule has 1 fully saturated rings. The van der Waals surface area contributed by atoms with Crippen LogP contribution in [0.25, 0.3) is 10.8 Å². The molecule has 0 radical (unpaired) electrons. The maximum Gasteiger partial charge on any atom is 0.320 e. The second kappa shape index (κ2) is 7.53. The van der Waals surface area contributed by atoms with E-state index in [1.165, 1.54) is 27.5 Å². The van der Waals surface area contributed by atoms with Crippen molar-refractivity contribution in [2.24, 2.45) is 0 Å². The number of nitrogens with zero attached hydrogens (tertiary/aromatic N) is 1. The van der Waals surface area contributed by atoms with E-state index >= 15 is 0 Å². The third-order valence-corrected chi connectivity index (χ3v) is 5.64. The molecule has 1 N–H and O–H groups in total. The molecule has 1 aliphatic heterocycles. The molecule has 0 saturated carbocycles. The molecule has 0 aromatic heterocycles. The van der Waals surface area contributed by atoms with Gasteiger partial charge in [0.2, 0.25) is 0 Å². The summed E-state index contributed by atoms with van der Waals surface area (Å²) in [4.78, 5) is 14.2. The number of hydrogen-bond donors (Lipinski definition) is 1. The second-order valence-corrected chi connectivity index (χ2v) is 7.47. The van der Waals surface area contributed by atoms with E-state index in [1.807, 2.05) is 0 Å². The van der Waals surface area contributed by atoms with Gasteiger partial charge in [0.05, 0.1) is 6.04 Å². The Morgan fingerprint density at radius 3 is 2.63 bits per heavy atom. The van der Waals surface area contributed by atoms with Crippen molar-refractivity contribution in [3.63, 3.8) is 0 Å². The molecule has 0 amide bonds. The number of fused-ring (bicyclic) bond motifs is 1. The SMILES string of the molecule is Cc1cccc(C(c2cccc3ccccc23)N2CCCCC2C(=O)O)c1. The van der Waals surface area contributed by atoms with Crippen LogP contribution >= 0.6 is 0 Å². The number of aryl methyl sites for hydroxylation is 1. The normalized spacial score (nSPS) is 19.1. The van der Waals surface area contributed by atoms with Crippen molar-refractivity contribution in [2.45, 2.75) is 38.3 Å². The zero-order chi connectivity index (χ0) is 18.8. The smallest absolute Gasteiger partial charge is 0.320 e. The number of benzene rings is 3. The molecular weight excluding hydrogens is 334 g/mol. The van der Waals surface area contributed by atoms with E-state index in [0.29, 0.717) is 6.42 Å². The van der Waals surface area contributed by atoms with Crippen LogP contribution in [-0.2, 0) is 4.79 Å². The van der Waals surface area contributed by atoms with Gasteiger partial charge in [-0.05, 0) is 48.2 Å². The quantitative estimate of drug-likeness (QED) is 0.698. The minimum absolute atomic E-state index is 0.0580. The van der Waals surface area contributed by atoms with E-state index in [1.54, 1.807) is 0 Å². The van der Waals surface area contributed by atoms with Crippen LogP contribution in [0.4, 0.5) is 0 Å². The average Bonchev–Trinajstić information content (AvgIpc) is 2.69. The van der Waals surface area contributed by atoms with E-state index in [-0.39, 0.29) is 6.04 Å². The van der Waals surface area contributed by atoms with Crippen molar-refractivity contribution in [2.75, 3.05) is 6.54 Å². The summed E-state index contributed by atoms with van der Waals surface area (Å²) in [6, 6.07) is 22.7. The van der Waals surface area contributed by atoms with Crippen LogP contribution in [0.3, 0.4) is 0 Å². The standard InChI is InChI=1S/C24H25NO2/c1-17-8-6-11-19(16-17)23(25-15-5-4-14-22(25)24(26)27)21-13-7-10-18-9-2-3-12-20(18)21/h2-3,6-13,16,22-23H,4-5,14-15H2,1H3,(H,26,27). The highest BCUT2D eigenvalue weighted by atomic mass is 16.4. The van der Waals surface area contributed by atoms with Crippen LogP contribution in [0, 0.1) is 6.92 Å². The van der Waals surface area contributed by atoms with Gasteiger partial charge in [-0.3, -0.25) is 9.69 Å². The third-order valence-electron chi connectivity index (χ3n) is 5.64. The Bertz CT molecular complexity index is 960. The van der Waals surface area contributed by atoms with Crippen LogP contribution in [0.15, 0.2) is 66.7 Å². The molecule has 1 aliphatic rings. The molecular formula is C24H25NO2. The average molecular weight is 359 g/mol. The number of aliphatic carboxylic acids is 1. The van der Waals surface area contributed by atoms with Crippen molar-refractivity contribution < 1.29 is 9.90 Å². The summed E-state index contributed by atoms with van der Waals surface area (Å²) >= 11 is 0. The first-order valence-electron chi connectivity index (χ1n) is 9.68. The minimum Gasteiger partial charge on any atom is -0.480 e. The molecule has 3 heteroatoms. The zero-order valence-electron chi connectivity index (χ0n) is 15.6. The topological polar surface area (TPSA) is 40.5 Å². The predicted octanol–water partition coefficient (Wildman–Crippen LogP) is 5.18. The van der Waals surface area contributed by atoms with Gasteiger partial charge in [-0.15, -0.1) is 0 Å². The molecule has 4 rings (SSSR count). The fourth-order valence-electron chi connectivity index (χ4n) is 4.41. The fourth-order valence-corrected chi connectivity index (χ4v) is 4.41. The summed E-state index contributed by atoms with van der Waals surface area (Å²) in [7, 11) is 0. The maximum atomic E-state index is 12.0. The second-order valence-electron chi connectivity index (χ2n) is 7.47. The zero-order valence-corrected chi connectivity index (χ0v) is 15.6. The lowest BCUT2D eigenvalue weighted by Gasteiger charge is -2.40. The Morgan fingerprint density at radius 1 is 1.04 bits per heavy atom. The van der Waals surface area contributed by atoms with E-state index in [0.717, 1.165) is 19.4 Å². The number of piperidine rings is 1. The Labute approximate surface area is 160 Å². The highest BCUT2D eigenvalue weighted by Crippen LogP contribution is 2.37. The number of carboxylic acids is 1. The third kappa shape index (κ3) is 3.47. The van der Waals surface area contributed by atoms with Crippen molar-refractivity contribution in [3.05, 3.63) is 83.4 Å². The van der Waals surface area contributed by atoms with Gasteiger partial charge in [-0.1, -0.05) is 78.7 Å². The largest absolute Gasteiger partial charge is 0.480 e. The lowest BCUT2D eigenvalue weighted by atomic mass is 9.88. The van der Waals surface area contributed by atoms with Crippen molar-refractivity contribution in [1.29, 1.82) is 0 Å². The first-order chi connectivity index (χ1) is 13.1. The molecule has 1 saturated heterocycles. The van der Waals surface area contributed by atoms with Crippen LogP contribution in [0.5, 0.6) is 0 Å². The molecule has 0 bridgehead atoms. The first kappa shape index (κ1) is 17.7. The van der Waals surface area contributed by atoms with Gasteiger partial charge in [-0.2, -0.15) is 0 Å². The van der Waals surface area contributed by atoms with Crippen LogP contribution in [0.2, 0.25) is 0 Å². The van der Waals surface area contributed by atoms with E-state index in [2.05, 4.69) is 78.6 Å². The lowest BCUT2D eigenvalue weighted by Crippen LogP contribution is -2.46. The first-order valence-corrected chi connectivity index (χ1v) is 9.68. The highest BCUT2D eigenvalue weighted by Gasteiger charge is 2.35. The molecule has 3 aromatic carbocycles. The van der Waals surface area contributed by atoms with Crippen molar-refractivity contribution in [3.8, 4) is 0 Å². The molecule has 2 unspecified atom stereocenters. The Morgan fingerprint density at radius 2 is 1.81 bits per heavy atom. The van der Waals surface area contributed by atoms with Gasteiger partial charge in [0.15, 0.2) is 0 Å². The maximum absolute atomic E-state index is 12.0. The lowest BCUT2D eigenvalue weighted by molar-refractivity contribution is -0.145. The summed E-state index contributed by atoms with van der Waals surface area (Å²) in [5, 5.41) is 12.3. The van der Waals surface area contributed by atoms with Gasteiger partial charge in [0, 0.05) is 0 Å². The molecule has 138 valence electrons. The summed E-state index contributed by atoms with van der Waals surface area (Å²) in [5.74, 6) is -0.715. The Kier molecular flexibility index (Phi) is 4.95. The fraction of sp³-hybridized carbons (Fsp3) is 0.292. The molecule has 3 aromatic rings. The summed E-state index contributed by atoms with van der Waals surface area (Å²) in [6.07, 6.45) is 2.73. The summed E-state index contributed by atoms with van der Waals surface area (Å²) in [5.41, 5.74) is 3.55. The van der Waals surface area contributed by atoms with E-state index < -0.39 is 12.0 Å². The van der Waals surface area contributed by atoms with Gasteiger partial charge < -0.3 is 5.11 Å². The van der Waals surface area contributed by atoms with Gasteiger partial charge in [0.25, 0.3) is 0 Å². The number of likely N-dealkylation sites (tertiary alicyclic amines) is 1. The van der Waals surface area contributed by atoms with Crippen LogP contribution < -0.4 is 0 Å². The number of carboxylic acid groups (broad SMARTS) is 1. The van der Waals surface area contributed by atoms with Gasteiger partial charge >= 0.3 is 5.97 Å². The van der Waals surface area contributed by atoms with Crippen molar-refractivity contribution in [1.82, 2.24) is 4.90 Å². The molecule has 0 aliphatic carbocycles.